The quantitative estimate of drug-likeness (QED) is 0.671. The molecule has 3 heteroatoms. The fourth-order valence-electron chi connectivity index (χ4n) is 4.88. The minimum Gasteiger partial charge on any atom is -0.207 e. The average Bonchev–Trinajstić information content (AvgIpc) is 2.81. The van der Waals surface area contributed by atoms with E-state index < -0.39 is 11.6 Å². The summed E-state index contributed by atoms with van der Waals surface area (Å²) in [5.74, 6) is 3.08. The molecule has 0 radical (unpaired) electrons. The molecule has 0 spiro atoms. The standard InChI is InChI=1S/C16H17BrF2/c1-7-4-10(12(19)6-11(7)18)16(17)15-13-8-2-3-9(5-8)14(13)15/h4,6,8-9,13-16H,2-3,5H2,1H3. The number of hydrogen-bond donors (Lipinski definition) is 0. The first-order valence-corrected chi connectivity index (χ1v) is 8.09. The van der Waals surface area contributed by atoms with Gasteiger partial charge in [-0.15, -0.1) is 0 Å². The maximum absolute atomic E-state index is 14.0. The van der Waals surface area contributed by atoms with E-state index in [-0.39, 0.29) is 4.83 Å². The molecule has 3 fully saturated rings. The third-order valence-electron chi connectivity index (χ3n) is 5.71. The number of alkyl halides is 1. The Morgan fingerprint density at radius 3 is 2.37 bits per heavy atom. The molecule has 1 aromatic rings. The average molecular weight is 327 g/mol. The van der Waals surface area contributed by atoms with E-state index in [0.717, 1.165) is 29.7 Å². The van der Waals surface area contributed by atoms with Crippen LogP contribution in [0.1, 0.15) is 35.2 Å². The minimum atomic E-state index is -0.447. The lowest BCUT2D eigenvalue weighted by atomic mass is 9.96. The summed E-state index contributed by atoms with van der Waals surface area (Å²) in [6.07, 6.45) is 4.14. The summed E-state index contributed by atoms with van der Waals surface area (Å²) in [7, 11) is 0. The van der Waals surface area contributed by atoms with Gasteiger partial charge in [-0.1, -0.05) is 15.9 Å². The van der Waals surface area contributed by atoms with E-state index in [1.54, 1.807) is 13.0 Å². The number of fused-ring (bicyclic) bond motifs is 5. The van der Waals surface area contributed by atoms with Gasteiger partial charge in [-0.3, -0.25) is 0 Å². The molecule has 0 saturated heterocycles. The van der Waals surface area contributed by atoms with Gasteiger partial charge in [0.25, 0.3) is 0 Å². The summed E-state index contributed by atoms with van der Waals surface area (Å²) in [5, 5.41) is 0. The Balaban J connectivity index is 1.62. The van der Waals surface area contributed by atoms with Crippen molar-refractivity contribution in [1.29, 1.82) is 0 Å². The van der Waals surface area contributed by atoms with Crippen LogP contribution >= 0.6 is 15.9 Å². The van der Waals surface area contributed by atoms with Crippen molar-refractivity contribution in [3.63, 3.8) is 0 Å². The van der Waals surface area contributed by atoms with Gasteiger partial charge in [0.2, 0.25) is 0 Å². The molecule has 0 aliphatic heterocycles. The van der Waals surface area contributed by atoms with E-state index in [2.05, 4.69) is 15.9 Å². The van der Waals surface area contributed by atoms with Gasteiger partial charge in [0.15, 0.2) is 0 Å². The summed E-state index contributed by atoms with van der Waals surface area (Å²) in [6.45, 7) is 1.70. The highest BCUT2D eigenvalue weighted by Crippen LogP contribution is 2.73. The van der Waals surface area contributed by atoms with Crippen molar-refractivity contribution in [3.8, 4) is 0 Å². The first-order valence-electron chi connectivity index (χ1n) is 7.17. The second kappa shape index (κ2) is 4.03. The molecule has 0 amide bonds. The number of halogens is 3. The van der Waals surface area contributed by atoms with Gasteiger partial charge >= 0.3 is 0 Å². The Hall–Kier alpha value is -0.440. The van der Waals surface area contributed by atoms with Gasteiger partial charge in [0.1, 0.15) is 11.6 Å². The van der Waals surface area contributed by atoms with Crippen molar-refractivity contribution in [2.75, 3.05) is 0 Å². The van der Waals surface area contributed by atoms with E-state index in [0.29, 0.717) is 17.0 Å². The second-order valence-electron chi connectivity index (χ2n) is 6.59. The Labute approximate surface area is 120 Å². The molecule has 3 aliphatic carbocycles. The van der Waals surface area contributed by atoms with E-state index in [1.165, 1.54) is 19.3 Å². The molecule has 0 heterocycles. The minimum absolute atomic E-state index is 0.0604. The van der Waals surface area contributed by atoms with Gasteiger partial charge in [-0.25, -0.2) is 8.78 Å². The lowest BCUT2D eigenvalue weighted by Crippen LogP contribution is -2.06. The van der Waals surface area contributed by atoms with Crippen LogP contribution in [0, 0.1) is 48.1 Å². The van der Waals surface area contributed by atoms with Gasteiger partial charge in [0, 0.05) is 16.5 Å². The zero-order valence-electron chi connectivity index (χ0n) is 10.9. The molecule has 19 heavy (non-hydrogen) atoms. The van der Waals surface area contributed by atoms with Crippen molar-refractivity contribution >= 4 is 15.9 Å². The molecule has 4 rings (SSSR count). The van der Waals surface area contributed by atoms with Gasteiger partial charge < -0.3 is 0 Å². The summed E-state index contributed by atoms with van der Waals surface area (Å²) in [6, 6.07) is 2.71. The lowest BCUT2D eigenvalue weighted by molar-refractivity contribution is 0.453. The monoisotopic (exact) mass is 326 g/mol. The summed E-state index contributed by atoms with van der Waals surface area (Å²) >= 11 is 3.70. The van der Waals surface area contributed by atoms with Gasteiger partial charge in [-0.05, 0) is 67.4 Å². The van der Waals surface area contributed by atoms with Gasteiger partial charge in [0.05, 0.1) is 0 Å². The molecular weight excluding hydrogens is 310 g/mol. The SMILES string of the molecule is Cc1cc(C(Br)C2C3C4CCC(C4)C32)c(F)cc1F. The molecule has 102 valence electrons. The van der Waals surface area contributed by atoms with Crippen molar-refractivity contribution < 1.29 is 8.78 Å². The van der Waals surface area contributed by atoms with Crippen LogP contribution in [0.2, 0.25) is 0 Å². The van der Waals surface area contributed by atoms with Crippen LogP contribution in [0.25, 0.3) is 0 Å². The molecule has 5 atom stereocenters. The topological polar surface area (TPSA) is 0 Å². The van der Waals surface area contributed by atoms with Crippen molar-refractivity contribution in [2.24, 2.45) is 29.6 Å². The second-order valence-corrected chi connectivity index (χ2v) is 7.58. The van der Waals surface area contributed by atoms with Crippen molar-refractivity contribution in [1.82, 2.24) is 0 Å². The van der Waals surface area contributed by atoms with Crippen LogP contribution in [0.15, 0.2) is 12.1 Å². The predicted octanol–water partition coefficient (Wildman–Crippen LogP) is 5.00. The van der Waals surface area contributed by atoms with Crippen LogP contribution in [0.3, 0.4) is 0 Å². The smallest absolute Gasteiger partial charge is 0.130 e. The van der Waals surface area contributed by atoms with E-state index in [9.17, 15) is 8.78 Å². The zero-order valence-corrected chi connectivity index (χ0v) is 12.5. The molecule has 0 aromatic heterocycles. The van der Waals surface area contributed by atoms with Crippen LogP contribution in [-0.2, 0) is 0 Å². The Kier molecular flexibility index (Phi) is 2.61. The van der Waals surface area contributed by atoms with Crippen molar-refractivity contribution in [2.45, 2.75) is 31.0 Å². The predicted molar refractivity (Wildman–Crippen MR) is 74.1 cm³/mol. The van der Waals surface area contributed by atoms with Crippen LogP contribution < -0.4 is 0 Å². The maximum Gasteiger partial charge on any atom is 0.130 e. The highest BCUT2D eigenvalue weighted by Gasteiger charge is 2.66. The van der Waals surface area contributed by atoms with E-state index >= 15 is 0 Å². The third kappa shape index (κ3) is 1.66. The van der Waals surface area contributed by atoms with Crippen LogP contribution in [-0.4, -0.2) is 0 Å². The molecule has 0 nitrogen and oxygen atoms in total. The molecular formula is C16H17BrF2. The van der Waals surface area contributed by atoms with Gasteiger partial charge in [-0.2, -0.15) is 0 Å². The van der Waals surface area contributed by atoms with Crippen LogP contribution in [0.4, 0.5) is 8.78 Å². The van der Waals surface area contributed by atoms with Crippen LogP contribution in [0.5, 0.6) is 0 Å². The first kappa shape index (κ1) is 12.3. The van der Waals surface area contributed by atoms with E-state index in [4.69, 9.17) is 0 Å². The highest BCUT2D eigenvalue weighted by molar-refractivity contribution is 9.09. The molecule has 1 aromatic carbocycles. The first-order chi connectivity index (χ1) is 9.08. The maximum atomic E-state index is 14.0. The summed E-state index contributed by atoms with van der Waals surface area (Å²) < 4.78 is 27.3. The Bertz CT molecular complexity index is 526. The van der Waals surface area contributed by atoms with E-state index in [1.807, 2.05) is 0 Å². The molecule has 5 unspecified atom stereocenters. The number of benzene rings is 1. The molecule has 3 saturated carbocycles. The molecule has 0 N–H and O–H groups in total. The Morgan fingerprint density at radius 2 is 1.74 bits per heavy atom. The zero-order chi connectivity index (χ0) is 13.3. The largest absolute Gasteiger partial charge is 0.207 e. The Morgan fingerprint density at radius 1 is 1.11 bits per heavy atom. The fourth-order valence-corrected chi connectivity index (χ4v) is 5.94. The summed E-state index contributed by atoms with van der Waals surface area (Å²) in [5.41, 5.74) is 1.19. The fraction of sp³-hybridized carbons (Fsp3) is 0.625. The number of aryl methyl sites for hydroxylation is 1. The summed E-state index contributed by atoms with van der Waals surface area (Å²) in [4.78, 5) is 0.0604. The number of hydrogen-bond acceptors (Lipinski definition) is 0. The molecule has 3 aliphatic rings. The lowest BCUT2D eigenvalue weighted by Gasteiger charge is -2.16. The highest BCUT2D eigenvalue weighted by atomic mass is 79.9. The number of rotatable bonds is 2. The normalized spacial score (nSPS) is 40.3. The van der Waals surface area contributed by atoms with Crippen molar-refractivity contribution in [3.05, 3.63) is 34.9 Å². The third-order valence-corrected chi connectivity index (χ3v) is 6.81. The molecule has 2 bridgehead atoms.